The minimum atomic E-state index is -4.25. The highest BCUT2D eigenvalue weighted by molar-refractivity contribution is 7.12. The first-order valence-corrected chi connectivity index (χ1v) is 4.38. The molecule has 0 aliphatic carbocycles. The van der Waals surface area contributed by atoms with Gasteiger partial charge in [0.2, 0.25) is 0 Å². The van der Waals surface area contributed by atoms with Crippen molar-refractivity contribution in [2.75, 3.05) is 0 Å². The molecule has 0 saturated carbocycles. The molecule has 0 N–H and O–H groups in total. The zero-order valence-electron chi connectivity index (χ0n) is 6.56. The van der Waals surface area contributed by atoms with E-state index in [0.29, 0.717) is 22.6 Å². The molecule has 1 heterocycles. The Labute approximate surface area is 77.4 Å². The van der Waals surface area contributed by atoms with Crippen LogP contribution in [0.5, 0.6) is 0 Å². The van der Waals surface area contributed by atoms with E-state index >= 15 is 0 Å². The number of rotatable bonds is 2. The van der Waals surface area contributed by atoms with Gasteiger partial charge in [-0.05, 0) is 18.6 Å². The molecular formula is C8H6F3NS. The summed E-state index contributed by atoms with van der Waals surface area (Å²) in [5, 5.41) is 8.23. The molecule has 0 unspecified atom stereocenters. The highest BCUT2D eigenvalue weighted by Crippen LogP contribution is 2.34. The van der Waals surface area contributed by atoms with E-state index in [-0.39, 0.29) is 6.42 Å². The van der Waals surface area contributed by atoms with E-state index < -0.39 is 11.1 Å². The number of thiophene rings is 1. The van der Waals surface area contributed by atoms with Crippen molar-refractivity contribution in [1.82, 2.24) is 0 Å². The summed E-state index contributed by atoms with van der Waals surface area (Å²) < 4.78 is 36.2. The van der Waals surface area contributed by atoms with Gasteiger partial charge in [-0.25, -0.2) is 0 Å². The van der Waals surface area contributed by atoms with Crippen LogP contribution in [0.4, 0.5) is 13.2 Å². The van der Waals surface area contributed by atoms with Gasteiger partial charge in [-0.15, -0.1) is 11.3 Å². The van der Waals surface area contributed by atoms with Crippen LogP contribution in [0.2, 0.25) is 0 Å². The maximum atomic E-state index is 12.1. The van der Waals surface area contributed by atoms with E-state index in [9.17, 15) is 13.2 Å². The fraction of sp³-hybridized carbons (Fsp3) is 0.375. The summed E-state index contributed by atoms with van der Waals surface area (Å²) in [7, 11) is 0. The molecule has 5 heteroatoms. The van der Waals surface area contributed by atoms with Crippen LogP contribution >= 0.6 is 11.3 Å². The minimum absolute atomic E-state index is 0.262. The number of nitrogens with zero attached hydrogens (tertiary/aromatic N) is 1. The van der Waals surface area contributed by atoms with Crippen LogP contribution in [0.25, 0.3) is 0 Å². The van der Waals surface area contributed by atoms with Crippen LogP contribution in [-0.2, 0) is 12.6 Å². The van der Waals surface area contributed by atoms with Crippen LogP contribution in [0.15, 0.2) is 12.1 Å². The Morgan fingerprint density at radius 2 is 2.08 bits per heavy atom. The van der Waals surface area contributed by atoms with E-state index in [1.54, 1.807) is 0 Å². The molecule has 13 heavy (non-hydrogen) atoms. The van der Waals surface area contributed by atoms with Crippen molar-refractivity contribution < 1.29 is 13.2 Å². The number of alkyl halides is 3. The van der Waals surface area contributed by atoms with Crippen molar-refractivity contribution in [2.45, 2.75) is 19.0 Å². The average molecular weight is 205 g/mol. The molecule has 0 saturated heterocycles. The third kappa shape index (κ3) is 2.74. The summed E-state index contributed by atoms with van der Waals surface area (Å²) >= 11 is 0.704. The second-order valence-electron chi connectivity index (χ2n) is 2.42. The highest BCUT2D eigenvalue weighted by atomic mass is 32.1. The molecule has 1 rings (SSSR count). The van der Waals surface area contributed by atoms with Gasteiger partial charge in [0.15, 0.2) is 0 Å². The summed E-state index contributed by atoms with van der Waals surface area (Å²) in [4.78, 5) is 0.00862. The number of nitriles is 1. The largest absolute Gasteiger partial charge is 0.425 e. The van der Waals surface area contributed by atoms with Gasteiger partial charge >= 0.3 is 6.18 Å². The van der Waals surface area contributed by atoms with Gasteiger partial charge in [0.05, 0.1) is 6.07 Å². The Bertz CT molecular complexity index is 321. The molecule has 0 atom stereocenters. The molecule has 0 aromatic carbocycles. The van der Waals surface area contributed by atoms with Crippen molar-refractivity contribution in [2.24, 2.45) is 0 Å². The predicted octanol–water partition coefficient (Wildman–Crippen LogP) is 3.22. The van der Waals surface area contributed by atoms with Crippen molar-refractivity contribution in [3.8, 4) is 6.07 Å². The molecule has 0 radical (unpaired) electrons. The van der Waals surface area contributed by atoms with Gasteiger partial charge in [0, 0.05) is 11.3 Å². The fourth-order valence-corrected chi connectivity index (χ4v) is 1.72. The van der Waals surface area contributed by atoms with Crippen LogP contribution in [-0.4, -0.2) is 0 Å². The van der Waals surface area contributed by atoms with Crippen molar-refractivity contribution in [3.05, 3.63) is 21.9 Å². The number of halogens is 3. The van der Waals surface area contributed by atoms with E-state index in [1.165, 1.54) is 6.07 Å². The lowest BCUT2D eigenvalue weighted by Gasteiger charge is -2.00. The molecule has 0 fully saturated rings. The summed E-state index contributed by atoms with van der Waals surface area (Å²) in [5.41, 5.74) is 0. The monoisotopic (exact) mass is 205 g/mol. The first-order chi connectivity index (χ1) is 6.04. The standard InChI is InChI=1S/C8H6F3NS/c9-8(10,11)7-4-3-6(13-7)2-1-5-12/h3-4H,1-2H2. The number of hydrogen-bond acceptors (Lipinski definition) is 2. The topological polar surface area (TPSA) is 23.8 Å². The lowest BCUT2D eigenvalue weighted by Crippen LogP contribution is -2.00. The van der Waals surface area contributed by atoms with E-state index in [0.717, 1.165) is 6.07 Å². The zero-order chi connectivity index (χ0) is 9.90. The quantitative estimate of drug-likeness (QED) is 0.727. The highest BCUT2D eigenvalue weighted by Gasteiger charge is 2.32. The first-order valence-electron chi connectivity index (χ1n) is 3.57. The van der Waals surface area contributed by atoms with Gasteiger partial charge in [0.1, 0.15) is 4.88 Å². The Kier molecular flexibility index (Phi) is 2.94. The van der Waals surface area contributed by atoms with Crippen LogP contribution in [0, 0.1) is 11.3 Å². The second kappa shape index (κ2) is 3.79. The van der Waals surface area contributed by atoms with Crippen molar-refractivity contribution >= 4 is 11.3 Å². The van der Waals surface area contributed by atoms with Crippen molar-refractivity contribution in [1.29, 1.82) is 5.26 Å². The normalized spacial score (nSPS) is 11.2. The fourth-order valence-electron chi connectivity index (χ4n) is 0.844. The molecule has 0 aliphatic heterocycles. The van der Waals surface area contributed by atoms with Gasteiger partial charge in [-0.2, -0.15) is 18.4 Å². The zero-order valence-corrected chi connectivity index (χ0v) is 7.37. The molecule has 0 aliphatic rings. The third-order valence-electron chi connectivity index (χ3n) is 1.42. The maximum Gasteiger partial charge on any atom is 0.425 e. The number of hydrogen-bond donors (Lipinski definition) is 0. The SMILES string of the molecule is N#CCCc1ccc(C(F)(F)F)s1. The Morgan fingerprint density at radius 1 is 1.38 bits per heavy atom. The third-order valence-corrected chi connectivity index (χ3v) is 2.61. The Balaban J connectivity index is 2.71. The molecule has 0 amide bonds. The van der Waals surface area contributed by atoms with Crippen LogP contribution < -0.4 is 0 Å². The molecular weight excluding hydrogens is 199 g/mol. The molecule has 70 valence electrons. The summed E-state index contributed by atoms with van der Waals surface area (Å²) in [6, 6.07) is 4.36. The molecule has 1 aromatic heterocycles. The molecule has 1 nitrogen and oxygen atoms in total. The van der Waals surface area contributed by atoms with E-state index in [4.69, 9.17) is 5.26 Å². The lowest BCUT2D eigenvalue weighted by molar-refractivity contribution is -0.134. The summed E-state index contributed by atoms with van der Waals surface area (Å²) in [5.74, 6) is 0. The summed E-state index contributed by atoms with van der Waals surface area (Å²) in [6.07, 6.45) is -3.59. The van der Waals surface area contributed by atoms with Gasteiger partial charge < -0.3 is 0 Å². The minimum Gasteiger partial charge on any atom is -0.198 e. The number of aryl methyl sites for hydroxylation is 1. The summed E-state index contributed by atoms with van der Waals surface area (Å²) in [6.45, 7) is 0. The smallest absolute Gasteiger partial charge is 0.198 e. The van der Waals surface area contributed by atoms with Gasteiger partial charge in [-0.3, -0.25) is 0 Å². The molecule has 1 aromatic rings. The Hall–Kier alpha value is -1.02. The van der Waals surface area contributed by atoms with Gasteiger partial charge in [-0.1, -0.05) is 0 Å². The predicted molar refractivity (Wildman–Crippen MR) is 43.3 cm³/mol. The Morgan fingerprint density at radius 3 is 2.54 bits per heavy atom. The van der Waals surface area contributed by atoms with E-state index in [1.807, 2.05) is 6.07 Å². The molecule has 0 bridgehead atoms. The van der Waals surface area contributed by atoms with E-state index in [2.05, 4.69) is 0 Å². The second-order valence-corrected chi connectivity index (χ2v) is 3.59. The average Bonchev–Trinajstić information content (AvgIpc) is 2.47. The van der Waals surface area contributed by atoms with Crippen LogP contribution in [0.3, 0.4) is 0 Å². The lowest BCUT2D eigenvalue weighted by atomic mass is 10.3. The van der Waals surface area contributed by atoms with Crippen LogP contribution in [0.1, 0.15) is 16.2 Å². The maximum absolute atomic E-state index is 12.1. The first kappa shape index (κ1) is 10.1. The van der Waals surface area contributed by atoms with Gasteiger partial charge in [0.25, 0.3) is 0 Å². The molecule has 0 spiro atoms. The van der Waals surface area contributed by atoms with Crippen molar-refractivity contribution in [3.63, 3.8) is 0 Å².